The SMILES string of the molecule is Cc1ccc(C[C@H](NC(=O)C[C@@H](O)CNC(=O)OCc2ccccc2)C(=O)O)cc1C. The monoisotopic (exact) mass is 428 g/mol. The molecule has 4 N–H and O–H groups in total. The molecule has 0 bridgehead atoms. The van der Waals surface area contributed by atoms with Gasteiger partial charge in [-0.2, -0.15) is 0 Å². The number of carboxylic acids is 1. The fourth-order valence-electron chi connectivity index (χ4n) is 2.88. The lowest BCUT2D eigenvalue weighted by Gasteiger charge is -2.17. The molecule has 0 unspecified atom stereocenters. The van der Waals surface area contributed by atoms with E-state index in [1.165, 1.54) is 0 Å². The highest BCUT2D eigenvalue weighted by Crippen LogP contribution is 2.12. The largest absolute Gasteiger partial charge is 0.480 e. The summed E-state index contributed by atoms with van der Waals surface area (Å²) in [6.45, 7) is 3.78. The van der Waals surface area contributed by atoms with Crippen molar-refractivity contribution in [2.24, 2.45) is 0 Å². The van der Waals surface area contributed by atoms with E-state index in [9.17, 15) is 24.6 Å². The third-order valence-corrected chi connectivity index (χ3v) is 4.76. The molecular formula is C23H28N2O6. The molecule has 0 saturated carbocycles. The fourth-order valence-corrected chi connectivity index (χ4v) is 2.88. The molecule has 166 valence electrons. The Labute approximate surface area is 181 Å². The van der Waals surface area contributed by atoms with E-state index in [1.54, 1.807) is 0 Å². The number of hydrogen-bond acceptors (Lipinski definition) is 5. The van der Waals surface area contributed by atoms with Crippen LogP contribution in [0.15, 0.2) is 48.5 Å². The summed E-state index contributed by atoms with van der Waals surface area (Å²) in [7, 11) is 0. The number of aliphatic carboxylic acids is 1. The maximum absolute atomic E-state index is 12.2. The Morgan fingerprint density at radius 3 is 2.35 bits per heavy atom. The molecule has 0 aliphatic heterocycles. The van der Waals surface area contributed by atoms with Crippen LogP contribution in [0.4, 0.5) is 4.79 Å². The Kier molecular flexibility index (Phi) is 9.02. The van der Waals surface area contributed by atoms with Gasteiger partial charge in [-0.3, -0.25) is 4.79 Å². The van der Waals surface area contributed by atoms with E-state index in [2.05, 4.69) is 10.6 Å². The van der Waals surface area contributed by atoms with Gasteiger partial charge < -0.3 is 25.6 Å². The number of carboxylic acid groups (broad SMARTS) is 1. The van der Waals surface area contributed by atoms with E-state index in [0.717, 1.165) is 22.3 Å². The third-order valence-electron chi connectivity index (χ3n) is 4.76. The van der Waals surface area contributed by atoms with Crippen LogP contribution in [0, 0.1) is 13.8 Å². The Morgan fingerprint density at radius 2 is 1.71 bits per heavy atom. The molecule has 0 aliphatic rings. The molecule has 2 aromatic carbocycles. The Bertz CT molecular complexity index is 900. The van der Waals surface area contributed by atoms with Crippen molar-refractivity contribution in [3.8, 4) is 0 Å². The number of amides is 2. The van der Waals surface area contributed by atoms with E-state index < -0.39 is 30.1 Å². The molecular weight excluding hydrogens is 400 g/mol. The molecule has 0 spiro atoms. The van der Waals surface area contributed by atoms with Crippen LogP contribution in [0.5, 0.6) is 0 Å². The highest BCUT2D eigenvalue weighted by atomic mass is 16.5. The average molecular weight is 428 g/mol. The van der Waals surface area contributed by atoms with Crippen molar-refractivity contribution in [2.45, 2.75) is 45.4 Å². The molecule has 0 heterocycles. The molecule has 0 aliphatic carbocycles. The lowest BCUT2D eigenvalue weighted by atomic mass is 10.0. The van der Waals surface area contributed by atoms with Gasteiger partial charge in [0, 0.05) is 13.0 Å². The third kappa shape index (κ3) is 8.47. The minimum atomic E-state index is -1.18. The summed E-state index contributed by atoms with van der Waals surface area (Å²) in [4.78, 5) is 35.4. The van der Waals surface area contributed by atoms with Gasteiger partial charge in [0.2, 0.25) is 5.91 Å². The first-order chi connectivity index (χ1) is 14.7. The van der Waals surface area contributed by atoms with Gasteiger partial charge in [-0.15, -0.1) is 0 Å². The van der Waals surface area contributed by atoms with Crippen LogP contribution in [0.3, 0.4) is 0 Å². The molecule has 8 nitrogen and oxygen atoms in total. The fraction of sp³-hybridized carbons (Fsp3) is 0.348. The lowest BCUT2D eigenvalue weighted by Crippen LogP contribution is -2.44. The number of aliphatic hydroxyl groups is 1. The summed E-state index contributed by atoms with van der Waals surface area (Å²) in [5.74, 6) is -1.79. The molecule has 0 saturated heterocycles. The van der Waals surface area contributed by atoms with Gasteiger partial charge in [0.1, 0.15) is 12.6 Å². The van der Waals surface area contributed by atoms with Crippen LogP contribution in [-0.4, -0.2) is 46.9 Å². The summed E-state index contributed by atoms with van der Waals surface area (Å²) in [6.07, 6.45) is -2.13. The highest BCUT2D eigenvalue weighted by molar-refractivity contribution is 5.84. The zero-order valence-corrected chi connectivity index (χ0v) is 17.6. The van der Waals surface area contributed by atoms with Crippen molar-refractivity contribution in [3.63, 3.8) is 0 Å². The number of carbonyl (C=O) groups is 3. The molecule has 0 aromatic heterocycles. The lowest BCUT2D eigenvalue weighted by molar-refractivity contribution is -0.142. The number of nitrogens with one attached hydrogen (secondary N) is 2. The second kappa shape index (κ2) is 11.7. The van der Waals surface area contributed by atoms with Crippen molar-refractivity contribution in [2.75, 3.05) is 6.54 Å². The number of benzene rings is 2. The molecule has 8 heteroatoms. The summed E-state index contributed by atoms with van der Waals surface area (Å²) in [5.41, 5.74) is 3.74. The topological polar surface area (TPSA) is 125 Å². The van der Waals surface area contributed by atoms with Gasteiger partial charge in [-0.05, 0) is 36.1 Å². The van der Waals surface area contributed by atoms with Crippen LogP contribution in [0.2, 0.25) is 0 Å². The molecule has 31 heavy (non-hydrogen) atoms. The zero-order chi connectivity index (χ0) is 22.8. The maximum atomic E-state index is 12.2. The minimum absolute atomic E-state index is 0.0853. The number of rotatable bonds is 10. The van der Waals surface area contributed by atoms with Crippen molar-refractivity contribution in [1.82, 2.24) is 10.6 Å². The van der Waals surface area contributed by atoms with E-state index >= 15 is 0 Å². The first-order valence-electron chi connectivity index (χ1n) is 9.95. The standard InChI is InChI=1S/C23H28N2O6/c1-15-8-9-18(10-16(15)2)11-20(22(28)29)25-21(27)12-19(26)13-24-23(30)31-14-17-6-4-3-5-7-17/h3-10,19-20,26H,11-14H2,1-2H3,(H,24,30)(H,25,27)(H,28,29)/t19-,20+/m1/s1. The minimum Gasteiger partial charge on any atom is -0.480 e. The smallest absolute Gasteiger partial charge is 0.407 e. The van der Waals surface area contributed by atoms with E-state index in [-0.39, 0.29) is 26.0 Å². The van der Waals surface area contributed by atoms with Crippen molar-refractivity contribution >= 4 is 18.0 Å². The van der Waals surface area contributed by atoms with Gasteiger partial charge in [-0.25, -0.2) is 9.59 Å². The quantitative estimate of drug-likeness (QED) is 0.459. The van der Waals surface area contributed by atoms with Gasteiger partial charge in [0.15, 0.2) is 0 Å². The van der Waals surface area contributed by atoms with E-state index in [0.29, 0.717) is 0 Å². The van der Waals surface area contributed by atoms with E-state index in [1.807, 2.05) is 62.4 Å². The first-order valence-corrected chi connectivity index (χ1v) is 9.95. The Balaban J connectivity index is 1.76. The number of hydrogen-bond donors (Lipinski definition) is 4. The van der Waals surface area contributed by atoms with Crippen molar-refractivity contribution < 1.29 is 29.3 Å². The molecule has 2 rings (SSSR count). The summed E-state index contributed by atoms with van der Waals surface area (Å²) >= 11 is 0. The summed E-state index contributed by atoms with van der Waals surface area (Å²) < 4.78 is 5.02. The number of ether oxygens (including phenoxy) is 1. The van der Waals surface area contributed by atoms with Gasteiger partial charge in [0.05, 0.1) is 12.5 Å². The van der Waals surface area contributed by atoms with Crippen molar-refractivity contribution in [3.05, 3.63) is 70.8 Å². The van der Waals surface area contributed by atoms with Crippen LogP contribution >= 0.6 is 0 Å². The second-order valence-corrected chi connectivity index (χ2v) is 7.38. The molecule has 0 fully saturated rings. The number of aliphatic hydroxyl groups excluding tert-OH is 1. The van der Waals surface area contributed by atoms with Crippen LogP contribution in [0.1, 0.15) is 28.7 Å². The predicted molar refractivity (Wildman–Crippen MR) is 114 cm³/mol. The molecule has 0 radical (unpaired) electrons. The Morgan fingerprint density at radius 1 is 1.00 bits per heavy atom. The molecule has 2 aromatic rings. The number of aryl methyl sites for hydroxylation is 2. The molecule has 2 amide bonds. The number of alkyl carbamates (subject to hydrolysis) is 1. The zero-order valence-electron chi connectivity index (χ0n) is 17.6. The Hall–Kier alpha value is -3.39. The van der Waals surface area contributed by atoms with Crippen LogP contribution in [0.25, 0.3) is 0 Å². The summed E-state index contributed by atoms with van der Waals surface area (Å²) in [5, 5.41) is 24.2. The predicted octanol–water partition coefficient (Wildman–Crippen LogP) is 2.09. The second-order valence-electron chi connectivity index (χ2n) is 7.38. The van der Waals surface area contributed by atoms with Crippen molar-refractivity contribution in [1.29, 1.82) is 0 Å². The highest BCUT2D eigenvalue weighted by Gasteiger charge is 2.22. The summed E-state index contributed by atoms with van der Waals surface area (Å²) in [6, 6.07) is 13.6. The van der Waals surface area contributed by atoms with Crippen LogP contribution in [-0.2, 0) is 27.4 Å². The van der Waals surface area contributed by atoms with E-state index in [4.69, 9.17) is 4.74 Å². The molecule has 2 atom stereocenters. The normalized spacial score (nSPS) is 12.5. The first kappa shape index (κ1) is 23.9. The van der Waals surface area contributed by atoms with Gasteiger partial charge in [0.25, 0.3) is 0 Å². The number of carbonyl (C=O) groups excluding carboxylic acids is 2. The van der Waals surface area contributed by atoms with Gasteiger partial charge in [-0.1, -0.05) is 48.5 Å². The van der Waals surface area contributed by atoms with Gasteiger partial charge >= 0.3 is 12.1 Å². The van der Waals surface area contributed by atoms with Crippen LogP contribution < -0.4 is 10.6 Å². The average Bonchev–Trinajstić information content (AvgIpc) is 2.73. The maximum Gasteiger partial charge on any atom is 0.407 e.